The fourth-order valence-corrected chi connectivity index (χ4v) is 1.94. The number of halogens is 1. The van der Waals surface area contributed by atoms with Gasteiger partial charge in [-0.3, -0.25) is 0 Å². The first-order valence-corrected chi connectivity index (χ1v) is 6.26. The molecule has 0 aliphatic heterocycles. The van der Waals surface area contributed by atoms with Gasteiger partial charge < -0.3 is 10.2 Å². The van der Waals surface area contributed by atoms with Gasteiger partial charge in [0.2, 0.25) is 0 Å². The molecule has 0 saturated heterocycles. The minimum Gasteiger partial charge on any atom is -0.356 e. The van der Waals surface area contributed by atoms with Gasteiger partial charge in [-0.05, 0) is 26.0 Å². The molecule has 0 saturated carbocycles. The zero-order valence-electron chi connectivity index (χ0n) is 11.0. The number of aromatic nitrogens is 1. The van der Waals surface area contributed by atoms with Gasteiger partial charge in [-0.2, -0.15) is 0 Å². The first-order valence-electron chi connectivity index (χ1n) is 6.26. The molecule has 0 unspecified atom stereocenters. The van der Waals surface area contributed by atoms with Crippen molar-refractivity contribution in [1.82, 2.24) is 10.3 Å². The van der Waals surface area contributed by atoms with Crippen LogP contribution in [0.1, 0.15) is 32.3 Å². The van der Waals surface area contributed by atoms with Gasteiger partial charge in [-0.1, -0.05) is 13.8 Å². The van der Waals surface area contributed by atoms with Gasteiger partial charge >= 0.3 is 0 Å². The summed E-state index contributed by atoms with van der Waals surface area (Å²) in [6, 6.07) is 1.57. The van der Waals surface area contributed by atoms with Crippen LogP contribution in [-0.2, 0) is 6.54 Å². The molecule has 1 N–H and O–H groups in total. The van der Waals surface area contributed by atoms with E-state index in [9.17, 15) is 4.39 Å². The molecule has 0 spiro atoms. The lowest BCUT2D eigenvalue weighted by molar-refractivity contribution is 0.613. The number of anilines is 1. The SMILES string of the molecule is CCCN(CCC)c1ncc(F)cc1CNC. The maximum Gasteiger partial charge on any atom is 0.141 e. The average Bonchev–Trinajstić information content (AvgIpc) is 2.30. The number of nitrogens with zero attached hydrogens (tertiary/aromatic N) is 2. The van der Waals surface area contributed by atoms with Crippen molar-refractivity contribution in [3.05, 3.63) is 23.6 Å². The molecule has 0 radical (unpaired) electrons. The van der Waals surface area contributed by atoms with Crippen molar-refractivity contribution in [2.75, 3.05) is 25.0 Å². The molecule has 4 heteroatoms. The van der Waals surface area contributed by atoms with Crippen LogP contribution in [0.3, 0.4) is 0 Å². The standard InChI is InChI=1S/C13H22FN3/c1-4-6-17(7-5-2)13-11(9-15-3)8-12(14)10-16-13/h8,10,15H,4-7,9H2,1-3H3. The smallest absolute Gasteiger partial charge is 0.141 e. The summed E-state index contributed by atoms with van der Waals surface area (Å²) in [6.45, 7) is 6.85. The molecule has 0 amide bonds. The monoisotopic (exact) mass is 239 g/mol. The molecule has 0 aliphatic carbocycles. The van der Waals surface area contributed by atoms with Crippen LogP contribution < -0.4 is 10.2 Å². The fraction of sp³-hybridized carbons (Fsp3) is 0.615. The summed E-state index contributed by atoms with van der Waals surface area (Å²) in [5.41, 5.74) is 0.925. The van der Waals surface area contributed by atoms with Crippen molar-refractivity contribution in [2.24, 2.45) is 0 Å². The van der Waals surface area contributed by atoms with Gasteiger partial charge in [-0.15, -0.1) is 0 Å². The predicted octanol–water partition coefficient (Wildman–Crippen LogP) is 2.57. The highest BCUT2D eigenvalue weighted by atomic mass is 19.1. The summed E-state index contributed by atoms with van der Waals surface area (Å²) >= 11 is 0. The van der Waals surface area contributed by atoms with Crippen molar-refractivity contribution in [2.45, 2.75) is 33.2 Å². The van der Waals surface area contributed by atoms with E-state index in [0.29, 0.717) is 6.54 Å². The van der Waals surface area contributed by atoms with E-state index in [0.717, 1.165) is 37.3 Å². The molecule has 96 valence electrons. The third kappa shape index (κ3) is 3.97. The largest absolute Gasteiger partial charge is 0.356 e. The van der Waals surface area contributed by atoms with E-state index >= 15 is 0 Å². The average molecular weight is 239 g/mol. The molecule has 3 nitrogen and oxygen atoms in total. The van der Waals surface area contributed by atoms with Crippen LogP contribution in [0.4, 0.5) is 10.2 Å². The first-order chi connectivity index (χ1) is 8.22. The van der Waals surface area contributed by atoms with Gasteiger partial charge in [0.1, 0.15) is 11.6 Å². The third-order valence-corrected chi connectivity index (χ3v) is 2.56. The second-order valence-electron chi connectivity index (χ2n) is 4.15. The van der Waals surface area contributed by atoms with E-state index in [1.165, 1.54) is 6.20 Å². The zero-order chi connectivity index (χ0) is 12.7. The molecular weight excluding hydrogens is 217 g/mol. The number of rotatable bonds is 7. The van der Waals surface area contributed by atoms with E-state index in [1.54, 1.807) is 6.07 Å². The summed E-state index contributed by atoms with van der Waals surface area (Å²) in [5, 5.41) is 3.06. The summed E-state index contributed by atoms with van der Waals surface area (Å²) in [4.78, 5) is 6.47. The minimum absolute atomic E-state index is 0.271. The van der Waals surface area contributed by atoms with Crippen molar-refractivity contribution in [1.29, 1.82) is 0 Å². The second-order valence-corrected chi connectivity index (χ2v) is 4.15. The van der Waals surface area contributed by atoms with Crippen molar-refractivity contribution < 1.29 is 4.39 Å². The van der Waals surface area contributed by atoms with E-state index in [4.69, 9.17) is 0 Å². The molecule has 0 bridgehead atoms. The zero-order valence-corrected chi connectivity index (χ0v) is 11.0. The Morgan fingerprint density at radius 3 is 2.47 bits per heavy atom. The molecule has 0 fully saturated rings. The number of hydrogen-bond acceptors (Lipinski definition) is 3. The number of nitrogens with one attached hydrogen (secondary N) is 1. The van der Waals surface area contributed by atoms with E-state index in [1.807, 2.05) is 7.05 Å². The highest BCUT2D eigenvalue weighted by Gasteiger charge is 2.12. The van der Waals surface area contributed by atoms with Crippen molar-refractivity contribution >= 4 is 5.82 Å². The fourth-order valence-electron chi connectivity index (χ4n) is 1.94. The Hall–Kier alpha value is -1.16. The molecule has 1 aromatic rings. The molecule has 1 rings (SSSR count). The summed E-state index contributed by atoms with van der Waals surface area (Å²) in [6.07, 6.45) is 3.43. The quantitative estimate of drug-likeness (QED) is 0.792. The Morgan fingerprint density at radius 2 is 1.94 bits per heavy atom. The summed E-state index contributed by atoms with van der Waals surface area (Å²) < 4.78 is 13.2. The van der Waals surface area contributed by atoms with Crippen LogP contribution >= 0.6 is 0 Å². The molecular formula is C13H22FN3. The Labute approximate surface area is 103 Å². The van der Waals surface area contributed by atoms with Gasteiger partial charge in [0.05, 0.1) is 6.20 Å². The summed E-state index contributed by atoms with van der Waals surface area (Å²) in [5.74, 6) is 0.636. The maximum absolute atomic E-state index is 13.2. The Balaban J connectivity index is 2.98. The van der Waals surface area contributed by atoms with Crippen LogP contribution in [0.5, 0.6) is 0 Å². The number of hydrogen-bond donors (Lipinski definition) is 1. The Morgan fingerprint density at radius 1 is 1.29 bits per heavy atom. The highest BCUT2D eigenvalue weighted by Crippen LogP contribution is 2.19. The molecule has 1 heterocycles. The normalized spacial score (nSPS) is 10.6. The van der Waals surface area contributed by atoms with Crippen LogP contribution in [0, 0.1) is 5.82 Å². The topological polar surface area (TPSA) is 28.2 Å². The molecule has 0 atom stereocenters. The molecule has 1 aromatic heterocycles. The molecule has 17 heavy (non-hydrogen) atoms. The van der Waals surface area contributed by atoms with Crippen molar-refractivity contribution in [3.8, 4) is 0 Å². The third-order valence-electron chi connectivity index (χ3n) is 2.56. The number of pyridine rings is 1. The van der Waals surface area contributed by atoms with Gasteiger partial charge in [0.25, 0.3) is 0 Å². The van der Waals surface area contributed by atoms with Gasteiger partial charge in [-0.25, -0.2) is 9.37 Å². The predicted molar refractivity (Wildman–Crippen MR) is 69.8 cm³/mol. The van der Waals surface area contributed by atoms with E-state index in [2.05, 4.69) is 29.0 Å². The maximum atomic E-state index is 13.2. The van der Waals surface area contributed by atoms with Crippen LogP contribution in [0.2, 0.25) is 0 Å². The minimum atomic E-state index is -0.271. The van der Waals surface area contributed by atoms with Crippen LogP contribution in [-0.4, -0.2) is 25.1 Å². The lowest BCUT2D eigenvalue weighted by Crippen LogP contribution is -2.28. The van der Waals surface area contributed by atoms with Crippen LogP contribution in [0.15, 0.2) is 12.3 Å². The van der Waals surface area contributed by atoms with E-state index < -0.39 is 0 Å². The van der Waals surface area contributed by atoms with Gasteiger partial charge in [0.15, 0.2) is 0 Å². The van der Waals surface area contributed by atoms with Crippen LogP contribution in [0.25, 0.3) is 0 Å². The van der Waals surface area contributed by atoms with Gasteiger partial charge in [0, 0.05) is 25.2 Å². The molecule has 0 aromatic carbocycles. The Bertz CT molecular complexity index is 335. The highest BCUT2D eigenvalue weighted by molar-refractivity contribution is 5.46. The lowest BCUT2D eigenvalue weighted by atomic mass is 10.2. The Kier molecular flexibility index (Phi) is 5.91. The molecule has 0 aliphatic rings. The second kappa shape index (κ2) is 7.22. The summed E-state index contributed by atoms with van der Waals surface area (Å²) in [7, 11) is 1.86. The van der Waals surface area contributed by atoms with Crippen molar-refractivity contribution in [3.63, 3.8) is 0 Å². The first kappa shape index (κ1) is 13.9. The van der Waals surface area contributed by atoms with E-state index in [-0.39, 0.29) is 5.82 Å². The lowest BCUT2D eigenvalue weighted by Gasteiger charge is -2.25.